The molecule has 0 heterocycles. The molecule has 20 heavy (non-hydrogen) atoms. The Kier molecular flexibility index (Phi) is 4.59. The molecule has 0 aromatic heterocycles. The Labute approximate surface area is 118 Å². The van der Waals surface area contributed by atoms with Crippen LogP contribution in [0.2, 0.25) is 0 Å². The van der Waals surface area contributed by atoms with Crippen LogP contribution in [-0.4, -0.2) is 12.2 Å². The van der Waals surface area contributed by atoms with Gasteiger partial charge >= 0.3 is 0 Å². The van der Waals surface area contributed by atoms with Crippen LogP contribution in [-0.2, 0) is 13.2 Å². The van der Waals surface area contributed by atoms with Crippen LogP contribution in [0.4, 0.5) is 5.69 Å². The number of hydrogen-bond donors (Lipinski definition) is 2. The Morgan fingerprint density at radius 1 is 1.20 bits per heavy atom. The Bertz CT molecular complexity index is 615. The van der Waals surface area contributed by atoms with Gasteiger partial charge in [-0.05, 0) is 35.9 Å². The first-order valence-electron chi connectivity index (χ1n) is 6.27. The van der Waals surface area contributed by atoms with Crippen LogP contribution >= 0.6 is 0 Å². The zero-order valence-corrected chi connectivity index (χ0v) is 11.3. The molecule has 0 spiro atoms. The van der Waals surface area contributed by atoms with Crippen LogP contribution in [0, 0.1) is 11.3 Å². The fourth-order valence-corrected chi connectivity index (χ4v) is 1.91. The van der Waals surface area contributed by atoms with Gasteiger partial charge in [0.1, 0.15) is 5.75 Å². The number of nitrogens with one attached hydrogen (secondary N) is 1. The minimum absolute atomic E-state index is 0.0600. The summed E-state index contributed by atoms with van der Waals surface area (Å²) in [5.74, 6) is 0.677. The standard InChI is InChI=1S/C16H16N2O2/c1-20-16-7-6-15(8-14(16)11-19)18-10-13-4-2-12(9-17)3-5-13/h2-8,18-19H,10-11H2,1H3. The fraction of sp³-hybridized carbons (Fsp3) is 0.188. The van der Waals surface area contributed by atoms with Gasteiger partial charge in [0.15, 0.2) is 0 Å². The molecule has 2 aromatic carbocycles. The molecular formula is C16H16N2O2. The van der Waals surface area contributed by atoms with Gasteiger partial charge in [-0.2, -0.15) is 5.26 Å². The number of ether oxygens (including phenoxy) is 1. The monoisotopic (exact) mass is 268 g/mol. The maximum atomic E-state index is 9.28. The highest BCUT2D eigenvalue weighted by Gasteiger charge is 2.03. The first kappa shape index (κ1) is 13.9. The Balaban J connectivity index is 2.05. The second-order valence-electron chi connectivity index (χ2n) is 4.35. The molecule has 0 unspecified atom stereocenters. The number of methoxy groups -OCH3 is 1. The van der Waals surface area contributed by atoms with E-state index in [1.807, 2.05) is 30.3 Å². The summed E-state index contributed by atoms with van der Waals surface area (Å²) in [6.45, 7) is 0.596. The van der Waals surface area contributed by atoms with Crippen LogP contribution < -0.4 is 10.1 Å². The third kappa shape index (κ3) is 3.28. The number of aliphatic hydroxyl groups is 1. The molecule has 102 valence electrons. The summed E-state index contributed by atoms with van der Waals surface area (Å²) >= 11 is 0. The predicted octanol–water partition coefficient (Wildman–Crippen LogP) is 2.67. The normalized spacial score (nSPS) is 9.85. The van der Waals surface area contributed by atoms with Crippen molar-refractivity contribution in [1.82, 2.24) is 0 Å². The van der Waals surface area contributed by atoms with Crippen LogP contribution in [0.25, 0.3) is 0 Å². The summed E-state index contributed by atoms with van der Waals surface area (Å²) in [7, 11) is 1.58. The van der Waals surface area contributed by atoms with Gasteiger partial charge in [0, 0.05) is 17.8 Å². The highest BCUT2D eigenvalue weighted by molar-refractivity contribution is 5.51. The Hall–Kier alpha value is -2.51. The van der Waals surface area contributed by atoms with E-state index in [9.17, 15) is 5.11 Å². The summed E-state index contributed by atoms with van der Waals surface area (Å²) in [6.07, 6.45) is 0. The lowest BCUT2D eigenvalue weighted by Gasteiger charge is -2.11. The van der Waals surface area contributed by atoms with Crippen molar-refractivity contribution in [2.75, 3.05) is 12.4 Å². The molecule has 0 bridgehead atoms. The molecule has 0 atom stereocenters. The number of anilines is 1. The van der Waals surface area contributed by atoms with E-state index in [-0.39, 0.29) is 6.61 Å². The lowest BCUT2D eigenvalue weighted by atomic mass is 10.1. The van der Waals surface area contributed by atoms with Crippen LogP contribution in [0.3, 0.4) is 0 Å². The average molecular weight is 268 g/mol. The summed E-state index contributed by atoms with van der Waals surface area (Å²) < 4.78 is 5.16. The van der Waals surface area contributed by atoms with Crippen LogP contribution in [0.15, 0.2) is 42.5 Å². The van der Waals surface area contributed by atoms with E-state index in [4.69, 9.17) is 10.00 Å². The van der Waals surface area contributed by atoms with Gasteiger partial charge < -0.3 is 15.2 Å². The zero-order valence-electron chi connectivity index (χ0n) is 11.3. The SMILES string of the molecule is COc1ccc(NCc2ccc(C#N)cc2)cc1CO. The first-order valence-corrected chi connectivity index (χ1v) is 6.27. The largest absolute Gasteiger partial charge is 0.496 e. The van der Waals surface area contributed by atoms with E-state index in [0.717, 1.165) is 16.8 Å². The molecular weight excluding hydrogens is 252 g/mol. The van der Waals surface area contributed by atoms with Crippen LogP contribution in [0.1, 0.15) is 16.7 Å². The summed E-state index contributed by atoms with van der Waals surface area (Å²) in [5, 5.41) is 21.3. The van der Waals surface area contributed by atoms with Crippen molar-refractivity contribution in [2.24, 2.45) is 0 Å². The molecule has 0 radical (unpaired) electrons. The predicted molar refractivity (Wildman–Crippen MR) is 77.4 cm³/mol. The number of benzene rings is 2. The number of nitrogens with zero attached hydrogens (tertiary/aromatic N) is 1. The molecule has 4 nitrogen and oxygen atoms in total. The molecule has 0 fully saturated rings. The van der Waals surface area contributed by atoms with E-state index in [1.54, 1.807) is 19.2 Å². The van der Waals surface area contributed by atoms with Gasteiger partial charge in [-0.25, -0.2) is 0 Å². The molecule has 0 aliphatic carbocycles. The maximum Gasteiger partial charge on any atom is 0.124 e. The topological polar surface area (TPSA) is 65.3 Å². The second kappa shape index (κ2) is 6.60. The Morgan fingerprint density at radius 3 is 2.55 bits per heavy atom. The minimum Gasteiger partial charge on any atom is -0.496 e. The summed E-state index contributed by atoms with van der Waals surface area (Å²) in [5.41, 5.74) is 3.41. The lowest BCUT2D eigenvalue weighted by molar-refractivity contribution is 0.274. The second-order valence-corrected chi connectivity index (χ2v) is 4.35. The molecule has 0 saturated carbocycles. The van der Waals surface area contributed by atoms with E-state index in [2.05, 4.69) is 11.4 Å². The van der Waals surface area contributed by atoms with E-state index >= 15 is 0 Å². The van der Waals surface area contributed by atoms with Crippen molar-refractivity contribution in [3.05, 3.63) is 59.2 Å². The Morgan fingerprint density at radius 2 is 1.95 bits per heavy atom. The third-order valence-electron chi connectivity index (χ3n) is 3.03. The summed E-state index contributed by atoms with van der Waals surface area (Å²) in [4.78, 5) is 0. The minimum atomic E-state index is -0.0600. The van der Waals surface area contributed by atoms with Crippen molar-refractivity contribution >= 4 is 5.69 Å². The summed E-state index contributed by atoms with van der Waals surface area (Å²) in [6, 6.07) is 15.1. The van der Waals surface area contributed by atoms with E-state index in [0.29, 0.717) is 17.9 Å². The first-order chi connectivity index (χ1) is 9.76. The molecule has 2 N–H and O–H groups in total. The lowest BCUT2D eigenvalue weighted by Crippen LogP contribution is -2.01. The third-order valence-corrected chi connectivity index (χ3v) is 3.03. The molecule has 2 rings (SSSR count). The van der Waals surface area contributed by atoms with Crippen LogP contribution in [0.5, 0.6) is 5.75 Å². The number of aliphatic hydroxyl groups excluding tert-OH is 1. The molecule has 4 heteroatoms. The number of nitriles is 1. The van der Waals surface area contributed by atoms with Crippen molar-refractivity contribution in [3.8, 4) is 11.8 Å². The smallest absolute Gasteiger partial charge is 0.124 e. The molecule has 0 aliphatic heterocycles. The molecule has 0 saturated heterocycles. The zero-order chi connectivity index (χ0) is 14.4. The van der Waals surface area contributed by atoms with Crippen molar-refractivity contribution < 1.29 is 9.84 Å². The average Bonchev–Trinajstić information content (AvgIpc) is 2.53. The van der Waals surface area contributed by atoms with Gasteiger partial charge in [0.25, 0.3) is 0 Å². The van der Waals surface area contributed by atoms with Gasteiger partial charge in [-0.1, -0.05) is 12.1 Å². The quantitative estimate of drug-likeness (QED) is 0.875. The van der Waals surface area contributed by atoms with Crippen molar-refractivity contribution in [3.63, 3.8) is 0 Å². The van der Waals surface area contributed by atoms with E-state index in [1.165, 1.54) is 0 Å². The van der Waals surface area contributed by atoms with Gasteiger partial charge in [-0.3, -0.25) is 0 Å². The van der Waals surface area contributed by atoms with Gasteiger partial charge in [0.2, 0.25) is 0 Å². The fourth-order valence-electron chi connectivity index (χ4n) is 1.91. The molecule has 0 amide bonds. The van der Waals surface area contributed by atoms with Gasteiger partial charge in [0.05, 0.1) is 25.3 Å². The van der Waals surface area contributed by atoms with Gasteiger partial charge in [-0.15, -0.1) is 0 Å². The maximum absolute atomic E-state index is 9.28. The van der Waals surface area contributed by atoms with Crippen molar-refractivity contribution in [2.45, 2.75) is 13.2 Å². The number of hydrogen-bond acceptors (Lipinski definition) is 4. The molecule has 0 aliphatic rings. The number of rotatable bonds is 5. The molecule has 2 aromatic rings. The van der Waals surface area contributed by atoms with Crippen molar-refractivity contribution in [1.29, 1.82) is 5.26 Å². The van der Waals surface area contributed by atoms with E-state index < -0.39 is 0 Å². The highest BCUT2D eigenvalue weighted by Crippen LogP contribution is 2.22. The highest BCUT2D eigenvalue weighted by atomic mass is 16.5.